The second-order valence-corrected chi connectivity index (χ2v) is 4.83. The van der Waals surface area contributed by atoms with Gasteiger partial charge in [0.25, 0.3) is 0 Å². The van der Waals surface area contributed by atoms with Gasteiger partial charge in [-0.25, -0.2) is 4.79 Å². The number of amides is 1. The van der Waals surface area contributed by atoms with Gasteiger partial charge in [-0.05, 0) is 26.7 Å². The van der Waals surface area contributed by atoms with E-state index in [9.17, 15) is 15.0 Å². The smallest absolute Gasteiger partial charge is 0.412 e. The van der Waals surface area contributed by atoms with Gasteiger partial charge in [-0.2, -0.15) is 0 Å². The number of piperidine rings is 1. The van der Waals surface area contributed by atoms with Crippen LogP contribution < -0.4 is 0 Å². The molecule has 1 aliphatic rings. The summed E-state index contributed by atoms with van der Waals surface area (Å²) in [5.74, 6) is 0. The van der Waals surface area contributed by atoms with E-state index < -0.39 is 24.0 Å². The van der Waals surface area contributed by atoms with Crippen molar-refractivity contribution in [3.63, 3.8) is 0 Å². The first-order chi connectivity index (χ1) is 7.35. The first-order valence-corrected chi connectivity index (χ1v) is 5.71. The monoisotopic (exact) mass is 231 g/mol. The molecule has 0 aromatic carbocycles. The minimum Gasteiger partial charge on any atom is -0.443 e. The van der Waals surface area contributed by atoms with Crippen molar-refractivity contribution >= 4 is 6.09 Å². The lowest BCUT2D eigenvalue weighted by Gasteiger charge is -2.36. The number of ether oxygens (including phenoxy) is 1. The van der Waals surface area contributed by atoms with Gasteiger partial charge in [0.15, 0.2) is 0 Å². The number of nitrogens with zero attached hydrogens (tertiary/aromatic N) is 1. The Balaban J connectivity index is 2.54. The molecular weight excluding hydrogens is 210 g/mol. The number of hydrogen-bond acceptors (Lipinski definition) is 4. The van der Waals surface area contributed by atoms with Crippen LogP contribution in [0.3, 0.4) is 0 Å². The third-order valence-electron chi connectivity index (χ3n) is 3.00. The molecule has 5 heteroatoms. The van der Waals surface area contributed by atoms with Gasteiger partial charge < -0.3 is 14.9 Å². The predicted molar refractivity (Wildman–Crippen MR) is 58.8 cm³/mol. The molecule has 5 nitrogen and oxygen atoms in total. The van der Waals surface area contributed by atoms with Crippen LogP contribution in [-0.4, -0.2) is 45.7 Å². The van der Waals surface area contributed by atoms with Crippen LogP contribution in [0.2, 0.25) is 0 Å². The maximum absolute atomic E-state index is 11.8. The van der Waals surface area contributed by atoms with Gasteiger partial charge in [0.2, 0.25) is 0 Å². The topological polar surface area (TPSA) is 70.0 Å². The molecule has 0 spiro atoms. The minimum atomic E-state index is -0.941. The predicted octanol–water partition coefficient (Wildman–Crippen LogP) is 1.09. The van der Waals surface area contributed by atoms with Crippen molar-refractivity contribution in [1.29, 1.82) is 0 Å². The Bertz CT molecular complexity index is 254. The third kappa shape index (κ3) is 3.35. The zero-order valence-corrected chi connectivity index (χ0v) is 10.1. The van der Waals surface area contributed by atoms with Crippen LogP contribution in [0.5, 0.6) is 0 Å². The van der Waals surface area contributed by atoms with E-state index in [1.165, 1.54) is 4.90 Å². The number of aliphatic hydroxyl groups is 2. The lowest BCUT2D eigenvalue weighted by molar-refractivity contribution is -0.0757. The summed E-state index contributed by atoms with van der Waals surface area (Å²) >= 11 is 0. The molecule has 0 aliphatic carbocycles. The van der Waals surface area contributed by atoms with E-state index in [0.29, 0.717) is 19.4 Å². The maximum atomic E-state index is 11.8. The van der Waals surface area contributed by atoms with E-state index in [4.69, 9.17) is 4.74 Å². The quantitative estimate of drug-likeness (QED) is 0.746. The van der Waals surface area contributed by atoms with Crippen LogP contribution in [-0.2, 0) is 4.74 Å². The number of carbonyl (C=O) groups is 1. The van der Waals surface area contributed by atoms with Crippen LogP contribution in [0, 0.1) is 0 Å². The lowest BCUT2D eigenvalue weighted by Crippen LogP contribution is -2.49. The second-order valence-electron chi connectivity index (χ2n) is 4.83. The summed E-state index contributed by atoms with van der Waals surface area (Å²) in [6, 6.07) is 0. The average Bonchev–Trinajstić information content (AvgIpc) is 2.16. The highest BCUT2D eigenvalue weighted by molar-refractivity contribution is 5.68. The van der Waals surface area contributed by atoms with E-state index in [0.717, 1.165) is 0 Å². The molecule has 2 unspecified atom stereocenters. The summed E-state index contributed by atoms with van der Waals surface area (Å²) in [5.41, 5.74) is -0.521. The van der Waals surface area contributed by atoms with Crippen molar-refractivity contribution in [2.24, 2.45) is 0 Å². The van der Waals surface area contributed by atoms with Gasteiger partial charge >= 0.3 is 6.09 Å². The molecule has 1 heterocycles. The summed E-state index contributed by atoms with van der Waals surface area (Å²) in [5, 5.41) is 19.0. The van der Waals surface area contributed by atoms with E-state index in [1.54, 1.807) is 0 Å². The normalized spacial score (nSPS) is 26.7. The molecule has 0 radical (unpaired) electrons. The molecule has 1 fully saturated rings. The molecule has 1 amide bonds. The fourth-order valence-electron chi connectivity index (χ4n) is 1.51. The number of likely N-dealkylation sites (tertiary alicyclic amines) is 1. The molecule has 0 bridgehead atoms. The van der Waals surface area contributed by atoms with Crippen molar-refractivity contribution in [2.75, 3.05) is 6.54 Å². The summed E-state index contributed by atoms with van der Waals surface area (Å²) in [4.78, 5) is 13.0. The molecule has 2 N–H and O–H groups in total. The van der Waals surface area contributed by atoms with Crippen molar-refractivity contribution < 1.29 is 19.7 Å². The van der Waals surface area contributed by atoms with E-state index in [-0.39, 0.29) is 6.42 Å². The van der Waals surface area contributed by atoms with Gasteiger partial charge in [-0.15, -0.1) is 0 Å². The fraction of sp³-hybridized carbons (Fsp3) is 0.909. The van der Waals surface area contributed by atoms with Crippen LogP contribution in [0.4, 0.5) is 4.79 Å². The van der Waals surface area contributed by atoms with Gasteiger partial charge in [-0.3, -0.25) is 4.90 Å². The van der Waals surface area contributed by atoms with Crippen LogP contribution in [0.15, 0.2) is 0 Å². The van der Waals surface area contributed by atoms with Crippen LogP contribution in [0.1, 0.15) is 40.0 Å². The van der Waals surface area contributed by atoms with Crippen LogP contribution >= 0.6 is 0 Å². The number of aliphatic hydroxyl groups excluding tert-OH is 2. The largest absolute Gasteiger partial charge is 0.443 e. The highest BCUT2D eigenvalue weighted by atomic mass is 16.6. The first-order valence-electron chi connectivity index (χ1n) is 5.71. The molecule has 1 aliphatic heterocycles. The summed E-state index contributed by atoms with van der Waals surface area (Å²) < 4.78 is 5.28. The molecule has 0 aromatic rings. The highest BCUT2D eigenvalue weighted by Crippen LogP contribution is 2.20. The summed E-state index contributed by atoms with van der Waals surface area (Å²) in [6.45, 7) is 5.93. The molecule has 94 valence electrons. The molecule has 1 rings (SSSR count). The van der Waals surface area contributed by atoms with Gasteiger partial charge in [0.1, 0.15) is 11.8 Å². The Kier molecular flexibility index (Phi) is 4.15. The fourth-order valence-corrected chi connectivity index (χ4v) is 1.51. The molecule has 2 atom stereocenters. The van der Waals surface area contributed by atoms with Crippen molar-refractivity contribution in [3.8, 4) is 0 Å². The van der Waals surface area contributed by atoms with Crippen LogP contribution in [0.25, 0.3) is 0 Å². The van der Waals surface area contributed by atoms with Gasteiger partial charge in [0, 0.05) is 13.0 Å². The third-order valence-corrected chi connectivity index (χ3v) is 3.00. The minimum absolute atomic E-state index is 0.196. The zero-order chi connectivity index (χ0) is 12.3. The average molecular weight is 231 g/mol. The zero-order valence-electron chi connectivity index (χ0n) is 10.1. The summed E-state index contributed by atoms with van der Waals surface area (Å²) in [6.07, 6.45) is -0.584. The van der Waals surface area contributed by atoms with E-state index in [1.807, 2.05) is 20.8 Å². The summed E-state index contributed by atoms with van der Waals surface area (Å²) in [7, 11) is 0. The lowest BCUT2D eigenvalue weighted by atomic mass is 10.1. The maximum Gasteiger partial charge on any atom is 0.412 e. The van der Waals surface area contributed by atoms with Crippen molar-refractivity contribution in [1.82, 2.24) is 4.90 Å². The van der Waals surface area contributed by atoms with Gasteiger partial charge in [0.05, 0.1) is 6.10 Å². The highest BCUT2D eigenvalue weighted by Gasteiger charge is 2.32. The van der Waals surface area contributed by atoms with Crippen molar-refractivity contribution in [2.45, 2.75) is 58.0 Å². The second kappa shape index (κ2) is 5.01. The molecule has 0 saturated carbocycles. The molecule has 0 aromatic heterocycles. The SMILES string of the molecule is CCC(C)(C)OC(=O)N1CCC(O)CC1O. The standard InChI is InChI=1S/C11H21NO4/c1-4-11(2,3)16-10(15)12-6-5-8(13)7-9(12)14/h8-9,13-14H,4-7H2,1-3H3. The number of rotatable bonds is 2. The van der Waals surface area contributed by atoms with Gasteiger partial charge in [-0.1, -0.05) is 6.92 Å². The first kappa shape index (κ1) is 13.3. The van der Waals surface area contributed by atoms with E-state index >= 15 is 0 Å². The van der Waals surface area contributed by atoms with E-state index in [2.05, 4.69) is 0 Å². The number of hydrogen-bond donors (Lipinski definition) is 2. The number of carbonyl (C=O) groups excluding carboxylic acids is 1. The Morgan fingerprint density at radius 3 is 2.62 bits per heavy atom. The molecule has 16 heavy (non-hydrogen) atoms. The Morgan fingerprint density at radius 1 is 1.50 bits per heavy atom. The Morgan fingerprint density at radius 2 is 2.12 bits per heavy atom. The Labute approximate surface area is 96.0 Å². The molecular formula is C11H21NO4. The molecule has 1 saturated heterocycles. The van der Waals surface area contributed by atoms with Crippen molar-refractivity contribution in [3.05, 3.63) is 0 Å². The Hall–Kier alpha value is -0.810.